The molecule has 0 aromatic heterocycles. The summed E-state index contributed by atoms with van der Waals surface area (Å²) in [7, 11) is 0. The Morgan fingerprint density at radius 2 is 1.75 bits per heavy atom. The summed E-state index contributed by atoms with van der Waals surface area (Å²) in [4.78, 5) is 0. The van der Waals surface area contributed by atoms with Crippen LogP contribution in [0.5, 0.6) is 0 Å². The Morgan fingerprint density at radius 3 is 1.83 bits per heavy atom. The van der Waals surface area contributed by atoms with Crippen LogP contribution in [0.2, 0.25) is 0 Å². The summed E-state index contributed by atoms with van der Waals surface area (Å²) in [5, 5.41) is 10.00. The lowest BCUT2D eigenvalue weighted by Crippen LogP contribution is -2.37. The topological polar surface area (TPSA) is 20.2 Å². The number of terminal acetylenes is 1. The van der Waals surface area contributed by atoms with Gasteiger partial charge in [-0.25, -0.2) is 0 Å². The first-order chi connectivity index (χ1) is 5.21. The van der Waals surface area contributed by atoms with Gasteiger partial charge in [0.05, 0.1) is 0 Å². The van der Waals surface area contributed by atoms with Crippen LogP contribution in [-0.4, -0.2) is 10.7 Å². The van der Waals surface area contributed by atoms with Crippen molar-refractivity contribution in [1.29, 1.82) is 0 Å². The van der Waals surface area contributed by atoms with E-state index in [-0.39, 0.29) is 11.3 Å². The quantitative estimate of drug-likeness (QED) is 0.628. The van der Waals surface area contributed by atoms with Gasteiger partial charge in [-0.3, -0.25) is 0 Å². The fourth-order valence-corrected chi connectivity index (χ4v) is 1.23. The summed E-state index contributed by atoms with van der Waals surface area (Å²) in [5.74, 6) is 2.60. The lowest BCUT2D eigenvalue weighted by atomic mass is 9.77. The Labute approximate surface area is 76.2 Å². The molecular weight excluding hydrogens is 148 g/mol. The third-order valence-electron chi connectivity index (χ3n) is 2.00. The van der Waals surface area contributed by atoms with Gasteiger partial charge >= 0.3 is 0 Å². The van der Waals surface area contributed by atoms with Crippen LogP contribution in [0.4, 0.5) is 0 Å². The molecule has 0 heterocycles. The molecule has 0 bridgehead atoms. The first kappa shape index (κ1) is 11.5. The molecule has 0 saturated heterocycles. The SMILES string of the molecule is C#CC(O)(CC(C)(C)C)C(C)C. The van der Waals surface area contributed by atoms with E-state index in [0.29, 0.717) is 6.42 Å². The first-order valence-corrected chi connectivity index (χ1v) is 4.41. The number of hydrogen-bond acceptors (Lipinski definition) is 1. The van der Waals surface area contributed by atoms with Crippen LogP contribution in [0.1, 0.15) is 41.0 Å². The summed E-state index contributed by atoms with van der Waals surface area (Å²) in [6.07, 6.45) is 5.96. The Bertz CT molecular complexity index is 180. The number of aliphatic hydroxyl groups is 1. The zero-order valence-electron chi connectivity index (χ0n) is 8.81. The van der Waals surface area contributed by atoms with E-state index in [1.807, 2.05) is 13.8 Å². The molecule has 12 heavy (non-hydrogen) atoms. The zero-order valence-corrected chi connectivity index (χ0v) is 8.81. The smallest absolute Gasteiger partial charge is 0.128 e. The molecule has 0 spiro atoms. The molecule has 1 N–H and O–H groups in total. The molecule has 0 rings (SSSR count). The van der Waals surface area contributed by atoms with Crippen LogP contribution in [-0.2, 0) is 0 Å². The van der Waals surface area contributed by atoms with E-state index in [1.165, 1.54) is 0 Å². The molecule has 0 aliphatic heterocycles. The summed E-state index contributed by atoms with van der Waals surface area (Å²) < 4.78 is 0. The summed E-state index contributed by atoms with van der Waals surface area (Å²) in [6, 6.07) is 0. The number of hydrogen-bond donors (Lipinski definition) is 1. The van der Waals surface area contributed by atoms with Crippen molar-refractivity contribution in [3.05, 3.63) is 0 Å². The van der Waals surface area contributed by atoms with Crippen molar-refractivity contribution >= 4 is 0 Å². The van der Waals surface area contributed by atoms with Crippen molar-refractivity contribution in [1.82, 2.24) is 0 Å². The van der Waals surface area contributed by atoms with Crippen LogP contribution >= 0.6 is 0 Å². The van der Waals surface area contributed by atoms with Crippen molar-refractivity contribution in [2.75, 3.05) is 0 Å². The second-order valence-corrected chi connectivity index (χ2v) is 4.96. The zero-order chi connectivity index (χ0) is 9.99. The molecule has 0 aliphatic rings. The lowest BCUT2D eigenvalue weighted by Gasteiger charge is -2.33. The molecule has 0 radical (unpaired) electrons. The minimum Gasteiger partial charge on any atom is -0.377 e. The Morgan fingerprint density at radius 1 is 1.33 bits per heavy atom. The van der Waals surface area contributed by atoms with E-state index in [9.17, 15) is 5.11 Å². The molecule has 1 nitrogen and oxygen atoms in total. The van der Waals surface area contributed by atoms with E-state index < -0.39 is 5.60 Å². The van der Waals surface area contributed by atoms with Gasteiger partial charge < -0.3 is 5.11 Å². The summed E-state index contributed by atoms with van der Waals surface area (Å²) in [5.41, 5.74) is -0.871. The molecule has 0 amide bonds. The Balaban J connectivity index is 4.49. The largest absolute Gasteiger partial charge is 0.377 e. The van der Waals surface area contributed by atoms with E-state index in [1.54, 1.807) is 0 Å². The fraction of sp³-hybridized carbons (Fsp3) is 0.818. The van der Waals surface area contributed by atoms with Crippen LogP contribution in [0.15, 0.2) is 0 Å². The predicted octanol–water partition coefficient (Wildman–Crippen LogP) is 2.44. The third kappa shape index (κ3) is 3.28. The van der Waals surface area contributed by atoms with Gasteiger partial charge in [0.15, 0.2) is 0 Å². The maximum absolute atomic E-state index is 10.00. The van der Waals surface area contributed by atoms with Gasteiger partial charge in [-0.2, -0.15) is 0 Å². The van der Waals surface area contributed by atoms with Crippen LogP contribution < -0.4 is 0 Å². The summed E-state index contributed by atoms with van der Waals surface area (Å²) in [6.45, 7) is 10.1. The van der Waals surface area contributed by atoms with Crippen molar-refractivity contribution in [3.8, 4) is 12.3 Å². The van der Waals surface area contributed by atoms with Gasteiger partial charge in [0.25, 0.3) is 0 Å². The highest BCUT2D eigenvalue weighted by Gasteiger charge is 2.33. The van der Waals surface area contributed by atoms with Gasteiger partial charge in [0, 0.05) is 0 Å². The molecule has 0 aromatic rings. The predicted molar refractivity (Wildman–Crippen MR) is 52.7 cm³/mol. The third-order valence-corrected chi connectivity index (χ3v) is 2.00. The Kier molecular flexibility index (Phi) is 3.35. The molecule has 70 valence electrons. The molecule has 1 heteroatoms. The van der Waals surface area contributed by atoms with E-state index >= 15 is 0 Å². The maximum atomic E-state index is 10.00. The van der Waals surface area contributed by atoms with Gasteiger partial charge in [-0.15, -0.1) is 6.42 Å². The highest BCUT2D eigenvalue weighted by atomic mass is 16.3. The van der Waals surface area contributed by atoms with Crippen molar-refractivity contribution in [2.45, 2.75) is 46.6 Å². The second-order valence-electron chi connectivity index (χ2n) is 4.96. The van der Waals surface area contributed by atoms with E-state index in [0.717, 1.165) is 0 Å². The molecule has 1 atom stereocenters. The molecule has 0 aliphatic carbocycles. The first-order valence-electron chi connectivity index (χ1n) is 4.41. The highest BCUT2D eigenvalue weighted by molar-refractivity contribution is 5.10. The van der Waals surface area contributed by atoms with Gasteiger partial charge in [-0.1, -0.05) is 40.5 Å². The highest BCUT2D eigenvalue weighted by Crippen LogP contribution is 2.31. The molecular formula is C11H20O. The van der Waals surface area contributed by atoms with Crippen LogP contribution in [0.3, 0.4) is 0 Å². The minimum atomic E-state index is -0.946. The second kappa shape index (κ2) is 3.49. The summed E-state index contributed by atoms with van der Waals surface area (Å²) >= 11 is 0. The molecule has 0 saturated carbocycles. The van der Waals surface area contributed by atoms with Crippen molar-refractivity contribution < 1.29 is 5.11 Å². The molecule has 1 unspecified atom stereocenters. The number of rotatable bonds is 2. The van der Waals surface area contributed by atoms with E-state index in [4.69, 9.17) is 6.42 Å². The minimum absolute atomic E-state index is 0.0748. The average molecular weight is 168 g/mol. The van der Waals surface area contributed by atoms with Gasteiger partial charge in [-0.05, 0) is 17.8 Å². The van der Waals surface area contributed by atoms with Crippen molar-refractivity contribution in [2.24, 2.45) is 11.3 Å². The van der Waals surface area contributed by atoms with Crippen molar-refractivity contribution in [3.63, 3.8) is 0 Å². The monoisotopic (exact) mass is 168 g/mol. The fourth-order valence-electron chi connectivity index (χ4n) is 1.23. The normalized spacial score (nSPS) is 17.2. The Hall–Kier alpha value is -0.480. The lowest BCUT2D eigenvalue weighted by molar-refractivity contribution is 0.0149. The van der Waals surface area contributed by atoms with Gasteiger partial charge in [0.2, 0.25) is 0 Å². The molecule has 0 fully saturated rings. The molecule has 0 aromatic carbocycles. The van der Waals surface area contributed by atoms with Crippen LogP contribution in [0, 0.1) is 23.7 Å². The van der Waals surface area contributed by atoms with Gasteiger partial charge in [0.1, 0.15) is 5.60 Å². The van der Waals surface area contributed by atoms with Crippen LogP contribution in [0.25, 0.3) is 0 Å². The average Bonchev–Trinajstić information content (AvgIpc) is 1.83. The maximum Gasteiger partial charge on any atom is 0.128 e. The standard InChI is InChI=1S/C11H20O/c1-7-11(12,9(2)3)8-10(4,5)6/h1,9,12H,8H2,2-6H3. The van der Waals surface area contributed by atoms with E-state index in [2.05, 4.69) is 26.7 Å².